The van der Waals surface area contributed by atoms with E-state index in [0.29, 0.717) is 10.0 Å². The Morgan fingerprint density at radius 1 is 1.24 bits per heavy atom. The summed E-state index contributed by atoms with van der Waals surface area (Å²) in [6, 6.07) is 7.94. The van der Waals surface area contributed by atoms with Crippen molar-refractivity contribution in [3.8, 4) is 0 Å². The molecule has 0 unspecified atom stereocenters. The number of sulfonamides is 1. The quantitative estimate of drug-likeness (QED) is 0.835. The van der Waals surface area contributed by atoms with Gasteiger partial charge in [-0.05, 0) is 51.8 Å². The number of nitrogens with one attached hydrogen (secondary N) is 1. The minimum absolute atomic E-state index is 0.000856. The number of benzene rings is 2. The van der Waals surface area contributed by atoms with Gasteiger partial charge in [0.15, 0.2) is 0 Å². The summed E-state index contributed by atoms with van der Waals surface area (Å²) in [7, 11) is -3.82. The fraction of sp³-hybridized carbons (Fsp3) is 0.0769. The Balaban J connectivity index is 2.36. The van der Waals surface area contributed by atoms with Crippen LogP contribution in [0.2, 0.25) is 5.02 Å². The third-order valence-corrected chi connectivity index (χ3v) is 5.10. The molecule has 0 fully saturated rings. The second kappa shape index (κ2) is 6.31. The van der Waals surface area contributed by atoms with Crippen molar-refractivity contribution >= 4 is 43.2 Å². The molecular weight excluding hydrogens is 383 g/mol. The van der Waals surface area contributed by atoms with Crippen molar-refractivity contribution in [2.24, 2.45) is 5.73 Å². The van der Waals surface area contributed by atoms with Gasteiger partial charge in [-0.15, -0.1) is 0 Å². The molecule has 21 heavy (non-hydrogen) atoms. The molecule has 3 N–H and O–H groups in total. The summed E-state index contributed by atoms with van der Waals surface area (Å²) < 4.78 is 40.2. The van der Waals surface area contributed by atoms with Gasteiger partial charge in [0, 0.05) is 16.0 Å². The molecule has 0 aliphatic heterocycles. The maximum atomic E-state index is 13.0. The molecule has 0 atom stereocenters. The summed E-state index contributed by atoms with van der Waals surface area (Å²) in [6.07, 6.45) is 0. The highest BCUT2D eigenvalue weighted by molar-refractivity contribution is 9.10. The summed E-state index contributed by atoms with van der Waals surface area (Å²) in [6.45, 7) is 0.218. The number of nitrogens with two attached hydrogens (primary N) is 1. The van der Waals surface area contributed by atoms with E-state index < -0.39 is 15.8 Å². The molecule has 4 nitrogen and oxygen atoms in total. The molecule has 0 saturated heterocycles. The zero-order valence-corrected chi connectivity index (χ0v) is 13.8. The zero-order valence-electron chi connectivity index (χ0n) is 10.6. The predicted molar refractivity (Wildman–Crippen MR) is 84.3 cm³/mol. The van der Waals surface area contributed by atoms with E-state index in [9.17, 15) is 12.8 Å². The molecule has 2 rings (SSSR count). The van der Waals surface area contributed by atoms with E-state index in [2.05, 4.69) is 20.7 Å². The van der Waals surface area contributed by atoms with Crippen molar-refractivity contribution in [3.05, 3.63) is 57.3 Å². The highest BCUT2D eigenvalue weighted by Crippen LogP contribution is 2.27. The average molecular weight is 394 g/mol. The first kappa shape index (κ1) is 16.2. The van der Waals surface area contributed by atoms with E-state index in [1.54, 1.807) is 6.07 Å². The lowest BCUT2D eigenvalue weighted by Crippen LogP contribution is -2.13. The number of halogens is 3. The van der Waals surface area contributed by atoms with Gasteiger partial charge in [0.25, 0.3) is 10.0 Å². The minimum atomic E-state index is -3.82. The van der Waals surface area contributed by atoms with Crippen LogP contribution in [0.25, 0.3) is 0 Å². The highest BCUT2D eigenvalue weighted by atomic mass is 79.9. The number of rotatable bonds is 4. The Morgan fingerprint density at radius 2 is 1.95 bits per heavy atom. The third kappa shape index (κ3) is 3.74. The summed E-state index contributed by atoms with van der Waals surface area (Å²) in [5, 5.41) is 0.276. The van der Waals surface area contributed by atoms with Crippen LogP contribution in [0, 0.1) is 5.82 Å². The lowest BCUT2D eigenvalue weighted by atomic mass is 10.2. The molecule has 0 heterocycles. The third-order valence-electron chi connectivity index (χ3n) is 2.73. The van der Waals surface area contributed by atoms with Crippen LogP contribution in [0.15, 0.2) is 45.8 Å². The number of hydrogen-bond donors (Lipinski definition) is 2. The Hall–Kier alpha value is -1.15. The van der Waals surface area contributed by atoms with Gasteiger partial charge in [0.1, 0.15) is 5.82 Å². The molecule has 2 aromatic carbocycles. The second-order valence-electron chi connectivity index (χ2n) is 4.19. The first-order valence-electron chi connectivity index (χ1n) is 5.80. The first-order valence-corrected chi connectivity index (χ1v) is 8.45. The second-order valence-corrected chi connectivity index (χ2v) is 7.13. The van der Waals surface area contributed by atoms with Gasteiger partial charge in [-0.1, -0.05) is 17.7 Å². The molecule has 0 aromatic heterocycles. The molecule has 0 saturated carbocycles. The van der Waals surface area contributed by atoms with Gasteiger partial charge in [-0.3, -0.25) is 4.72 Å². The van der Waals surface area contributed by atoms with Gasteiger partial charge in [-0.2, -0.15) is 0 Å². The lowest BCUT2D eigenvalue weighted by Gasteiger charge is -2.11. The van der Waals surface area contributed by atoms with Crippen molar-refractivity contribution in [1.82, 2.24) is 0 Å². The number of hydrogen-bond acceptors (Lipinski definition) is 3. The summed E-state index contributed by atoms with van der Waals surface area (Å²) in [5.41, 5.74) is 6.36. The predicted octanol–water partition coefficient (Wildman–Crippen LogP) is 3.50. The van der Waals surface area contributed by atoms with Crippen LogP contribution in [0.5, 0.6) is 0 Å². The Labute approximate surface area is 135 Å². The monoisotopic (exact) mass is 392 g/mol. The molecule has 0 amide bonds. The van der Waals surface area contributed by atoms with Gasteiger partial charge in [0.05, 0.1) is 10.6 Å². The topological polar surface area (TPSA) is 72.2 Å². The van der Waals surface area contributed by atoms with Crippen LogP contribution in [0.1, 0.15) is 5.56 Å². The van der Waals surface area contributed by atoms with Crippen LogP contribution in [-0.4, -0.2) is 8.42 Å². The van der Waals surface area contributed by atoms with E-state index in [4.69, 9.17) is 17.3 Å². The normalized spacial score (nSPS) is 11.4. The van der Waals surface area contributed by atoms with Crippen molar-refractivity contribution in [3.63, 3.8) is 0 Å². The van der Waals surface area contributed by atoms with Gasteiger partial charge in [-0.25, -0.2) is 12.8 Å². The molecule has 2 aromatic rings. The molecule has 0 aliphatic rings. The van der Waals surface area contributed by atoms with Gasteiger partial charge >= 0.3 is 0 Å². The maximum absolute atomic E-state index is 13.0. The van der Waals surface area contributed by atoms with E-state index in [0.717, 1.165) is 6.07 Å². The SMILES string of the molecule is NCc1ccc(S(=O)(=O)Nc2ccc(F)cc2Br)cc1Cl. The van der Waals surface area contributed by atoms with Crippen molar-refractivity contribution in [2.45, 2.75) is 11.4 Å². The smallest absolute Gasteiger partial charge is 0.261 e. The standard InChI is InChI=1S/C13H11BrClFN2O2S/c14-11-5-9(16)2-4-13(11)18-21(19,20)10-3-1-8(7-17)12(15)6-10/h1-6,18H,7,17H2. The first-order chi connectivity index (χ1) is 9.83. The Morgan fingerprint density at radius 3 is 2.52 bits per heavy atom. The fourth-order valence-corrected chi connectivity index (χ4v) is 3.65. The summed E-state index contributed by atoms with van der Waals surface area (Å²) in [4.78, 5) is 0.000856. The minimum Gasteiger partial charge on any atom is -0.326 e. The number of anilines is 1. The van der Waals surface area contributed by atoms with Crippen LogP contribution < -0.4 is 10.5 Å². The van der Waals surface area contributed by atoms with E-state index in [-0.39, 0.29) is 22.2 Å². The molecule has 0 radical (unpaired) electrons. The van der Waals surface area contributed by atoms with Gasteiger partial charge < -0.3 is 5.73 Å². The molecule has 112 valence electrons. The maximum Gasteiger partial charge on any atom is 0.261 e. The molecule has 8 heteroatoms. The Kier molecular flexibility index (Phi) is 4.88. The van der Waals surface area contributed by atoms with E-state index in [1.807, 2.05) is 0 Å². The molecule has 0 spiro atoms. The van der Waals surface area contributed by atoms with Crippen LogP contribution in [0.4, 0.5) is 10.1 Å². The zero-order chi connectivity index (χ0) is 15.6. The van der Waals surface area contributed by atoms with E-state index >= 15 is 0 Å². The van der Waals surface area contributed by atoms with Crippen LogP contribution >= 0.6 is 27.5 Å². The summed E-state index contributed by atoms with van der Waals surface area (Å²) in [5.74, 6) is -0.472. The largest absolute Gasteiger partial charge is 0.326 e. The lowest BCUT2D eigenvalue weighted by molar-refractivity contribution is 0.601. The van der Waals surface area contributed by atoms with Crippen LogP contribution in [-0.2, 0) is 16.6 Å². The summed E-state index contributed by atoms with van der Waals surface area (Å²) >= 11 is 9.06. The van der Waals surface area contributed by atoms with Crippen molar-refractivity contribution in [1.29, 1.82) is 0 Å². The molecular formula is C13H11BrClFN2O2S. The molecule has 0 bridgehead atoms. The van der Waals surface area contributed by atoms with Crippen LogP contribution in [0.3, 0.4) is 0 Å². The van der Waals surface area contributed by atoms with Gasteiger partial charge in [0.2, 0.25) is 0 Å². The van der Waals surface area contributed by atoms with Crippen molar-refractivity contribution in [2.75, 3.05) is 4.72 Å². The molecule has 0 aliphatic carbocycles. The van der Waals surface area contributed by atoms with E-state index in [1.165, 1.54) is 24.3 Å². The van der Waals surface area contributed by atoms with Crippen molar-refractivity contribution < 1.29 is 12.8 Å². The Bertz CT molecular complexity index is 784. The average Bonchev–Trinajstić information content (AvgIpc) is 2.42. The highest BCUT2D eigenvalue weighted by Gasteiger charge is 2.17. The fourth-order valence-electron chi connectivity index (χ4n) is 1.64.